The second-order valence-corrected chi connectivity index (χ2v) is 5.81. The van der Waals surface area contributed by atoms with Crippen LogP contribution < -0.4 is 10.5 Å². The van der Waals surface area contributed by atoms with E-state index in [2.05, 4.69) is 4.98 Å². The van der Waals surface area contributed by atoms with Gasteiger partial charge in [0.1, 0.15) is 12.4 Å². The number of aryl methyl sites for hydroxylation is 1. The molecule has 0 bridgehead atoms. The smallest absolute Gasteiger partial charge is 0.120 e. The molecule has 2 aromatic carbocycles. The summed E-state index contributed by atoms with van der Waals surface area (Å²) in [5.74, 6) is 0.729. The lowest BCUT2D eigenvalue weighted by molar-refractivity contribution is 0.307. The molecule has 0 aliphatic carbocycles. The average molecular weight is 333 g/mol. The highest BCUT2D eigenvalue weighted by Gasteiger charge is 2.10. The van der Waals surface area contributed by atoms with Crippen LogP contribution in [0.3, 0.4) is 0 Å². The van der Waals surface area contributed by atoms with Crippen molar-refractivity contribution in [2.75, 3.05) is 5.73 Å². The van der Waals surface area contributed by atoms with Gasteiger partial charge in [-0.25, -0.2) is 0 Å². The maximum atomic E-state index is 6.18. The van der Waals surface area contributed by atoms with Crippen molar-refractivity contribution in [3.8, 4) is 5.75 Å². The molecule has 0 spiro atoms. The second kappa shape index (κ2) is 6.03. The third-order valence-corrected chi connectivity index (χ3v) is 4.20. The summed E-state index contributed by atoms with van der Waals surface area (Å²) in [5.41, 5.74) is 8.89. The van der Waals surface area contributed by atoms with Crippen LogP contribution in [-0.4, -0.2) is 4.98 Å². The minimum Gasteiger partial charge on any atom is -0.489 e. The zero-order valence-electron chi connectivity index (χ0n) is 11.9. The fourth-order valence-corrected chi connectivity index (χ4v) is 2.68. The average Bonchev–Trinajstić information content (AvgIpc) is 2.51. The summed E-state index contributed by atoms with van der Waals surface area (Å²) in [7, 11) is 0. The van der Waals surface area contributed by atoms with Gasteiger partial charge in [-0.3, -0.25) is 4.98 Å². The van der Waals surface area contributed by atoms with Crippen molar-refractivity contribution in [1.29, 1.82) is 0 Å². The monoisotopic (exact) mass is 332 g/mol. The molecular formula is C17H14Cl2N2O. The first-order chi connectivity index (χ1) is 10.5. The number of anilines is 1. The van der Waals surface area contributed by atoms with Gasteiger partial charge < -0.3 is 10.5 Å². The summed E-state index contributed by atoms with van der Waals surface area (Å²) in [4.78, 5) is 4.46. The van der Waals surface area contributed by atoms with E-state index in [-0.39, 0.29) is 6.61 Å². The van der Waals surface area contributed by atoms with Gasteiger partial charge in [-0.2, -0.15) is 0 Å². The first kappa shape index (κ1) is 14.9. The van der Waals surface area contributed by atoms with Crippen molar-refractivity contribution in [1.82, 2.24) is 4.98 Å². The topological polar surface area (TPSA) is 48.1 Å². The molecule has 5 heteroatoms. The van der Waals surface area contributed by atoms with Crippen molar-refractivity contribution in [3.05, 3.63) is 63.8 Å². The number of pyridine rings is 1. The van der Waals surface area contributed by atoms with Crippen LogP contribution in [0.25, 0.3) is 10.9 Å². The van der Waals surface area contributed by atoms with Crippen LogP contribution >= 0.6 is 23.2 Å². The van der Waals surface area contributed by atoms with Crippen LogP contribution in [0.4, 0.5) is 5.69 Å². The predicted molar refractivity (Wildman–Crippen MR) is 91.7 cm³/mol. The minimum absolute atomic E-state index is 0.257. The number of ether oxygens (including phenoxy) is 1. The summed E-state index contributed by atoms with van der Waals surface area (Å²) in [6.07, 6.45) is 0. The first-order valence-corrected chi connectivity index (χ1v) is 7.53. The fourth-order valence-electron chi connectivity index (χ4n) is 2.20. The maximum absolute atomic E-state index is 6.18. The number of halogens is 2. The van der Waals surface area contributed by atoms with Crippen molar-refractivity contribution in [2.45, 2.75) is 13.5 Å². The van der Waals surface area contributed by atoms with Crippen molar-refractivity contribution >= 4 is 39.8 Å². The zero-order chi connectivity index (χ0) is 15.7. The molecule has 0 aliphatic heterocycles. The molecule has 3 nitrogen and oxygen atoms in total. The lowest BCUT2D eigenvalue weighted by Gasteiger charge is -2.11. The van der Waals surface area contributed by atoms with Gasteiger partial charge in [0.25, 0.3) is 0 Å². The van der Waals surface area contributed by atoms with Crippen molar-refractivity contribution < 1.29 is 4.74 Å². The quantitative estimate of drug-likeness (QED) is 0.685. The number of aromatic nitrogens is 1. The van der Waals surface area contributed by atoms with E-state index in [1.807, 2.05) is 37.3 Å². The number of nitrogen functional groups attached to an aromatic ring is 1. The van der Waals surface area contributed by atoms with Crippen LogP contribution in [0.2, 0.25) is 10.0 Å². The first-order valence-electron chi connectivity index (χ1n) is 6.77. The second-order valence-electron chi connectivity index (χ2n) is 5.02. The number of hydrogen-bond donors (Lipinski definition) is 1. The van der Waals surface area contributed by atoms with Crippen LogP contribution in [0.5, 0.6) is 5.75 Å². The molecule has 0 fully saturated rings. The van der Waals surface area contributed by atoms with Gasteiger partial charge in [0.05, 0.1) is 16.2 Å². The third-order valence-electron chi connectivity index (χ3n) is 3.40. The Labute approximate surface area is 138 Å². The fraction of sp³-hybridized carbons (Fsp3) is 0.118. The lowest BCUT2D eigenvalue weighted by atomic mass is 10.2. The van der Waals surface area contributed by atoms with E-state index in [1.54, 1.807) is 12.1 Å². The van der Waals surface area contributed by atoms with E-state index in [4.69, 9.17) is 33.7 Å². The number of nitrogens with zero attached hydrogens (tertiary/aromatic N) is 1. The molecule has 1 heterocycles. The van der Waals surface area contributed by atoms with Gasteiger partial charge in [-0.15, -0.1) is 0 Å². The summed E-state index contributed by atoms with van der Waals surface area (Å²) >= 11 is 12.3. The molecule has 0 atom stereocenters. The summed E-state index contributed by atoms with van der Waals surface area (Å²) in [6.45, 7) is 2.22. The number of benzene rings is 2. The SMILES string of the molecule is Cc1ccc2cc(OCc3c(Cl)ccc(N)c3Cl)ccc2n1. The highest BCUT2D eigenvalue weighted by Crippen LogP contribution is 2.31. The van der Waals surface area contributed by atoms with Crippen LogP contribution in [0.1, 0.15) is 11.3 Å². The highest BCUT2D eigenvalue weighted by atomic mass is 35.5. The molecule has 22 heavy (non-hydrogen) atoms. The van der Waals surface area contributed by atoms with E-state index in [1.165, 1.54) is 0 Å². The van der Waals surface area contributed by atoms with E-state index in [0.717, 1.165) is 22.3 Å². The molecule has 0 radical (unpaired) electrons. The molecule has 3 aromatic rings. The van der Waals surface area contributed by atoms with Crippen LogP contribution in [0.15, 0.2) is 42.5 Å². The molecule has 3 rings (SSSR count). The molecule has 0 saturated heterocycles. The van der Waals surface area contributed by atoms with Gasteiger partial charge in [0.2, 0.25) is 0 Å². The molecular weight excluding hydrogens is 319 g/mol. The molecule has 2 N–H and O–H groups in total. The van der Waals surface area contributed by atoms with E-state index >= 15 is 0 Å². The molecule has 0 aliphatic rings. The zero-order valence-corrected chi connectivity index (χ0v) is 13.4. The molecule has 0 saturated carbocycles. The lowest BCUT2D eigenvalue weighted by Crippen LogP contribution is -2.00. The molecule has 1 aromatic heterocycles. The van der Waals surface area contributed by atoms with Crippen molar-refractivity contribution in [2.24, 2.45) is 0 Å². The predicted octanol–water partition coefficient (Wildman–Crippen LogP) is 5.01. The van der Waals surface area contributed by atoms with Crippen LogP contribution in [0, 0.1) is 6.92 Å². The largest absolute Gasteiger partial charge is 0.489 e. The Balaban J connectivity index is 1.85. The Morgan fingerprint density at radius 3 is 2.73 bits per heavy atom. The Morgan fingerprint density at radius 2 is 1.91 bits per heavy atom. The van der Waals surface area contributed by atoms with Gasteiger partial charge >= 0.3 is 0 Å². The van der Waals surface area contributed by atoms with E-state index in [9.17, 15) is 0 Å². The van der Waals surface area contributed by atoms with Gasteiger partial charge in [0, 0.05) is 21.7 Å². The molecule has 0 amide bonds. The number of hydrogen-bond acceptors (Lipinski definition) is 3. The number of nitrogens with two attached hydrogens (primary N) is 1. The van der Waals surface area contributed by atoms with E-state index in [0.29, 0.717) is 21.3 Å². The number of rotatable bonds is 3. The number of fused-ring (bicyclic) bond motifs is 1. The van der Waals surface area contributed by atoms with E-state index < -0.39 is 0 Å². The van der Waals surface area contributed by atoms with Gasteiger partial charge in [-0.05, 0) is 43.3 Å². The Bertz CT molecular complexity index is 849. The Hall–Kier alpha value is -1.97. The standard InChI is InChI=1S/C17H14Cl2N2O/c1-10-2-3-11-8-12(4-7-16(11)21-10)22-9-13-14(18)5-6-15(20)17(13)19/h2-8H,9,20H2,1H3. The molecule has 0 unspecified atom stereocenters. The molecule has 112 valence electrons. The summed E-state index contributed by atoms with van der Waals surface area (Å²) < 4.78 is 5.79. The van der Waals surface area contributed by atoms with Crippen LogP contribution in [-0.2, 0) is 6.61 Å². The van der Waals surface area contributed by atoms with Crippen molar-refractivity contribution in [3.63, 3.8) is 0 Å². The summed E-state index contributed by atoms with van der Waals surface area (Å²) in [6, 6.07) is 13.1. The maximum Gasteiger partial charge on any atom is 0.120 e. The normalized spacial score (nSPS) is 10.9. The minimum atomic E-state index is 0.257. The van der Waals surface area contributed by atoms with Gasteiger partial charge in [-0.1, -0.05) is 29.3 Å². The Kier molecular flexibility index (Phi) is 4.10. The highest BCUT2D eigenvalue weighted by molar-refractivity contribution is 6.37. The summed E-state index contributed by atoms with van der Waals surface area (Å²) in [5, 5.41) is 2.00. The third kappa shape index (κ3) is 2.96. The Morgan fingerprint density at radius 1 is 1.09 bits per heavy atom. The van der Waals surface area contributed by atoms with Gasteiger partial charge in [0.15, 0.2) is 0 Å².